The van der Waals surface area contributed by atoms with Crippen LogP contribution in [-0.4, -0.2) is 59.9 Å². The summed E-state index contributed by atoms with van der Waals surface area (Å²) in [6.45, 7) is 9.62. The molecular formula is C14H25N3O2. The van der Waals surface area contributed by atoms with E-state index in [-0.39, 0.29) is 23.9 Å². The summed E-state index contributed by atoms with van der Waals surface area (Å²) in [7, 11) is 0. The summed E-state index contributed by atoms with van der Waals surface area (Å²) in [5.41, 5.74) is 0. The standard InChI is InChI=1S/C14H25N3O2/c1-4-5-11-14(19)17-7-6-16(8-10(2)3)9-12(17)13(18)15-11/h10-12H,4-9H2,1-3H3,(H,15,18)/t11-,12+/m0/s1. The summed E-state index contributed by atoms with van der Waals surface area (Å²) in [6, 6.07) is -0.585. The average Bonchev–Trinajstić information content (AvgIpc) is 2.35. The predicted octanol–water partition coefficient (Wildman–Crippen LogP) is 0.454. The van der Waals surface area contributed by atoms with E-state index in [0.29, 0.717) is 19.0 Å². The number of nitrogens with zero attached hydrogens (tertiary/aromatic N) is 2. The number of carbonyl (C=O) groups excluding carboxylic acids is 2. The fourth-order valence-electron chi connectivity index (χ4n) is 3.02. The predicted molar refractivity (Wildman–Crippen MR) is 73.6 cm³/mol. The van der Waals surface area contributed by atoms with Gasteiger partial charge in [0.05, 0.1) is 0 Å². The molecule has 0 radical (unpaired) electrons. The monoisotopic (exact) mass is 267 g/mol. The highest BCUT2D eigenvalue weighted by Gasteiger charge is 2.42. The molecule has 5 nitrogen and oxygen atoms in total. The number of rotatable bonds is 4. The van der Waals surface area contributed by atoms with Crippen molar-refractivity contribution in [2.24, 2.45) is 5.92 Å². The number of carbonyl (C=O) groups is 2. The number of piperazine rings is 2. The van der Waals surface area contributed by atoms with Crippen LogP contribution in [0.1, 0.15) is 33.6 Å². The molecule has 2 aliphatic rings. The maximum absolute atomic E-state index is 12.3. The van der Waals surface area contributed by atoms with Gasteiger partial charge in [-0.3, -0.25) is 14.5 Å². The van der Waals surface area contributed by atoms with Gasteiger partial charge in [0.2, 0.25) is 11.8 Å². The smallest absolute Gasteiger partial charge is 0.245 e. The number of nitrogens with one attached hydrogen (secondary N) is 1. The van der Waals surface area contributed by atoms with Gasteiger partial charge >= 0.3 is 0 Å². The van der Waals surface area contributed by atoms with Crippen molar-refractivity contribution < 1.29 is 9.59 Å². The Kier molecular flexibility index (Phi) is 4.45. The van der Waals surface area contributed by atoms with Gasteiger partial charge in [0.25, 0.3) is 0 Å². The lowest BCUT2D eigenvalue weighted by molar-refractivity contribution is -0.153. The molecule has 0 bridgehead atoms. The van der Waals surface area contributed by atoms with E-state index >= 15 is 0 Å². The van der Waals surface area contributed by atoms with Gasteiger partial charge < -0.3 is 10.2 Å². The van der Waals surface area contributed by atoms with Crippen LogP contribution < -0.4 is 5.32 Å². The molecule has 2 atom stereocenters. The Balaban J connectivity index is 2.02. The number of hydrogen-bond acceptors (Lipinski definition) is 3. The first-order chi connectivity index (χ1) is 9.02. The van der Waals surface area contributed by atoms with Gasteiger partial charge in [-0.2, -0.15) is 0 Å². The topological polar surface area (TPSA) is 52.7 Å². The molecule has 0 aromatic heterocycles. The Morgan fingerprint density at radius 3 is 2.68 bits per heavy atom. The zero-order valence-electron chi connectivity index (χ0n) is 12.2. The molecule has 2 fully saturated rings. The van der Waals surface area contributed by atoms with Crippen molar-refractivity contribution in [2.75, 3.05) is 26.2 Å². The highest BCUT2D eigenvalue weighted by atomic mass is 16.2. The Bertz CT molecular complexity index is 357. The van der Waals surface area contributed by atoms with Crippen molar-refractivity contribution >= 4 is 11.8 Å². The fraction of sp³-hybridized carbons (Fsp3) is 0.857. The Labute approximate surface area is 115 Å². The number of fused-ring (bicyclic) bond motifs is 1. The van der Waals surface area contributed by atoms with Gasteiger partial charge in [0, 0.05) is 26.2 Å². The van der Waals surface area contributed by atoms with Crippen LogP contribution in [0.3, 0.4) is 0 Å². The van der Waals surface area contributed by atoms with E-state index < -0.39 is 0 Å². The summed E-state index contributed by atoms with van der Waals surface area (Å²) in [5.74, 6) is 0.712. The van der Waals surface area contributed by atoms with Crippen LogP contribution in [0.15, 0.2) is 0 Å². The lowest BCUT2D eigenvalue weighted by Crippen LogP contribution is -2.69. The van der Waals surface area contributed by atoms with Crippen LogP contribution in [0.5, 0.6) is 0 Å². The molecule has 0 aliphatic carbocycles. The Hall–Kier alpha value is -1.10. The van der Waals surface area contributed by atoms with E-state index in [9.17, 15) is 9.59 Å². The lowest BCUT2D eigenvalue weighted by Gasteiger charge is -2.45. The minimum atomic E-state index is -0.301. The first-order valence-corrected chi connectivity index (χ1v) is 7.36. The van der Waals surface area contributed by atoms with Crippen molar-refractivity contribution in [3.63, 3.8) is 0 Å². The summed E-state index contributed by atoms with van der Waals surface area (Å²) in [6.07, 6.45) is 1.65. The van der Waals surface area contributed by atoms with Gasteiger partial charge in [-0.1, -0.05) is 27.2 Å². The Morgan fingerprint density at radius 2 is 2.05 bits per heavy atom. The lowest BCUT2D eigenvalue weighted by atomic mass is 10.0. The highest BCUT2D eigenvalue weighted by Crippen LogP contribution is 2.18. The largest absolute Gasteiger partial charge is 0.342 e. The minimum absolute atomic E-state index is 0.0199. The van der Waals surface area contributed by atoms with Gasteiger partial charge in [-0.05, 0) is 12.3 Å². The summed E-state index contributed by atoms with van der Waals surface area (Å²) >= 11 is 0. The normalized spacial score (nSPS) is 28.5. The van der Waals surface area contributed by atoms with Gasteiger partial charge in [-0.15, -0.1) is 0 Å². The first kappa shape index (κ1) is 14.3. The maximum atomic E-state index is 12.3. The van der Waals surface area contributed by atoms with Crippen molar-refractivity contribution in [3.8, 4) is 0 Å². The molecule has 0 aromatic rings. The number of hydrogen-bond donors (Lipinski definition) is 1. The average molecular weight is 267 g/mol. The second-order valence-electron chi connectivity index (χ2n) is 6.05. The maximum Gasteiger partial charge on any atom is 0.245 e. The quantitative estimate of drug-likeness (QED) is 0.805. The molecule has 2 saturated heterocycles. The molecule has 1 N–H and O–H groups in total. The summed E-state index contributed by atoms with van der Waals surface area (Å²) in [4.78, 5) is 28.6. The molecule has 0 aromatic carbocycles. The van der Waals surface area contributed by atoms with E-state index in [0.717, 1.165) is 25.9 Å². The molecule has 2 aliphatic heterocycles. The molecule has 19 heavy (non-hydrogen) atoms. The van der Waals surface area contributed by atoms with Crippen LogP contribution >= 0.6 is 0 Å². The van der Waals surface area contributed by atoms with Gasteiger partial charge in [0.15, 0.2) is 0 Å². The molecule has 0 saturated carbocycles. The molecule has 0 spiro atoms. The SMILES string of the molecule is CCC[C@@H]1NC(=O)[C@H]2CN(CC(C)C)CCN2C1=O. The van der Waals surface area contributed by atoms with Crippen molar-refractivity contribution in [1.29, 1.82) is 0 Å². The third-order valence-corrected chi connectivity index (χ3v) is 3.87. The van der Waals surface area contributed by atoms with Crippen LogP contribution in [0.25, 0.3) is 0 Å². The van der Waals surface area contributed by atoms with E-state index in [1.54, 1.807) is 4.90 Å². The van der Waals surface area contributed by atoms with Crippen LogP contribution in [-0.2, 0) is 9.59 Å². The van der Waals surface area contributed by atoms with Crippen molar-refractivity contribution in [1.82, 2.24) is 15.1 Å². The van der Waals surface area contributed by atoms with E-state index in [1.807, 2.05) is 6.92 Å². The molecule has 5 heteroatoms. The molecular weight excluding hydrogens is 242 g/mol. The summed E-state index contributed by atoms with van der Waals surface area (Å²) < 4.78 is 0. The van der Waals surface area contributed by atoms with Gasteiger partial charge in [-0.25, -0.2) is 0 Å². The minimum Gasteiger partial charge on any atom is -0.342 e. The van der Waals surface area contributed by atoms with Gasteiger partial charge in [0.1, 0.15) is 12.1 Å². The van der Waals surface area contributed by atoms with Crippen molar-refractivity contribution in [3.05, 3.63) is 0 Å². The number of amides is 2. The third kappa shape index (κ3) is 3.08. The molecule has 2 amide bonds. The van der Waals surface area contributed by atoms with Crippen molar-refractivity contribution in [2.45, 2.75) is 45.7 Å². The summed E-state index contributed by atoms with van der Waals surface area (Å²) in [5, 5.41) is 2.88. The molecule has 2 rings (SSSR count). The fourth-order valence-corrected chi connectivity index (χ4v) is 3.02. The third-order valence-electron chi connectivity index (χ3n) is 3.87. The highest BCUT2D eigenvalue weighted by molar-refractivity contribution is 5.97. The van der Waals surface area contributed by atoms with E-state index in [1.165, 1.54) is 0 Å². The van der Waals surface area contributed by atoms with Crippen LogP contribution in [0, 0.1) is 5.92 Å². The molecule has 0 unspecified atom stereocenters. The zero-order chi connectivity index (χ0) is 14.0. The van der Waals surface area contributed by atoms with E-state index in [4.69, 9.17) is 0 Å². The van der Waals surface area contributed by atoms with Crippen LogP contribution in [0.4, 0.5) is 0 Å². The molecule has 108 valence electrons. The first-order valence-electron chi connectivity index (χ1n) is 7.36. The second-order valence-corrected chi connectivity index (χ2v) is 6.05. The van der Waals surface area contributed by atoms with E-state index in [2.05, 4.69) is 24.1 Å². The van der Waals surface area contributed by atoms with Crippen LogP contribution in [0.2, 0.25) is 0 Å². The Morgan fingerprint density at radius 1 is 1.32 bits per heavy atom. The second kappa shape index (κ2) is 5.90. The zero-order valence-corrected chi connectivity index (χ0v) is 12.2. The molecule has 2 heterocycles.